The number of likely N-dealkylation sites (N-methyl/N-ethyl adjacent to an activating group) is 1. The summed E-state index contributed by atoms with van der Waals surface area (Å²) in [7, 11) is 2.04. The highest BCUT2D eigenvalue weighted by Crippen LogP contribution is 2.24. The lowest BCUT2D eigenvalue weighted by molar-refractivity contribution is 0.0845. The van der Waals surface area contributed by atoms with Gasteiger partial charge >= 0.3 is 0 Å². The van der Waals surface area contributed by atoms with Crippen molar-refractivity contribution >= 4 is 5.82 Å². The first kappa shape index (κ1) is 16.9. The van der Waals surface area contributed by atoms with Crippen molar-refractivity contribution in [3.8, 4) is 0 Å². The molecule has 1 rings (SSSR count). The van der Waals surface area contributed by atoms with E-state index in [9.17, 15) is 0 Å². The van der Waals surface area contributed by atoms with Gasteiger partial charge in [0.05, 0.1) is 12.7 Å². The second-order valence-corrected chi connectivity index (χ2v) is 6.51. The zero-order chi connectivity index (χ0) is 15.3. The Balaban J connectivity index is 2.88. The number of aromatic nitrogens is 1. The molecule has 1 heterocycles. The summed E-state index contributed by atoms with van der Waals surface area (Å²) in [5, 5.41) is 0. The lowest BCUT2D eigenvalue weighted by Gasteiger charge is -2.24. The molecule has 0 unspecified atom stereocenters. The molecule has 0 aliphatic rings. The van der Waals surface area contributed by atoms with Crippen molar-refractivity contribution < 1.29 is 4.74 Å². The number of nitrogens with zero attached hydrogens (tertiary/aromatic N) is 2. The first-order chi connectivity index (χ1) is 9.24. The van der Waals surface area contributed by atoms with E-state index in [0.717, 1.165) is 23.6 Å². The van der Waals surface area contributed by atoms with Crippen molar-refractivity contribution in [3.05, 3.63) is 23.4 Å². The number of pyridine rings is 1. The second kappa shape index (κ2) is 7.04. The summed E-state index contributed by atoms with van der Waals surface area (Å²) in [4.78, 5) is 6.89. The Morgan fingerprint density at radius 2 is 1.95 bits per heavy atom. The Kier molecular flexibility index (Phi) is 5.96. The van der Waals surface area contributed by atoms with Crippen LogP contribution in [0.1, 0.15) is 45.9 Å². The predicted octanol–water partition coefficient (Wildman–Crippen LogP) is 2.70. The van der Waals surface area contributed by atoms with E-state index >= 15 is 0 Å². The molecule has 0 bridgehead atoms. The lowest BCUT2D eigenvalue weighted by atomic mass is 9.90. The van der Waals surface area contributed by atoms with Gasteiger partial charge < -0.3 is 15.4 Å². The van der Waals surface area contributed by atoms with Gasteiger partial charge in [0, 0.05) is 31.2 Å². The molecule has 0 saturated heterocycles. The summed E-state index contributed by atoms with van der Waals surface area (Å²) >= 11 is 0. The van der Waals surface area contributed by atoms with Crippen molar-refractivity contribution in [2.24, 2.45) is 5.73 Å². The molecule has 0 amide bonds. The average molecular weight is 279 g/mol. The highest BCUT2D eigenvalue weighted by atomic mass is 16.5. The van der Waals surface area contributed by atoms with E-state index in [-0.39, 0.29) is 11.5 Å². The van der Waals surface area contributed by atoms with Gasteiger partial charge in [0.25, 0.3) is 0 Å². The first-order valence-electron chi connectivity index (χ1n) is 7.28. The molecule has 4 heteroatoms. The number of ether oxygens (including phenoxy) is 1. The van der Waals surface area contributed by atoms with Gasteiger partial charge in [-0.1, -0.05) is 20.8 Å². The van der Waals surface area contributed by atoms with E-state index in [1.807, 2.05) is 20.9 Å². The minimum atomic E-state index is 0.0230. The van der Waals surface area contributed by atoms with Gasteiger partial charge in [-0.2, -0.15) is 0 Å². The van der Waals surface area contributed by atoms with Crippen LogP contribution in [0.2, 0.25) is 0 Å². The number of rotatable bonds is 6. The van der Waals surface area contributed by atoms with Crippen LogP contribution >= 0.6 is 0 Å². The molecule has 0 atom stereocenters. The Hall–Kier alpha value is -1.13. The standard InChI is InChI=1S/C16H29N3O/c1-12(2)20-8-7-19(6)15-10-13(11-17)9-14(18-15)16(3,4)5/h9-10,12H,7-8,11,17H2,1-6H3. The van der Waals surface area contributed by atoms with Crippen LogP contribution in [0.15, 0.2) is 12.1 Å². The molecule has 1 aromatic rings. The number of nitrogens with two attached hydrogens (primary N) is 1. The highest BCUT2D eigenvalue weighted by molar-refractivity contribution is 5.43. The number of anilines is 1. The largest absolute Gasteiger partial charge is 0.377 e. The summed E-state index contributed by atoms with van der Waals surface area (Å²) in [6.07, 6.45) is 0.261. The fourth-order valence-electron chi connectivity index (χ4n) is 1.81. The van der Waals surface area contributed by atoms with E-state index in [1.165, 1.54) is 0 Å². The predicted molar refractivity (Wildman–Crippen MR) is 85.2 cm³/mol. The van der Waals surface area contributed by atoms with Crippen molar-refractivity contribution in [3.63, 3.8) is 0 Å². The Labute approximate surface area is 123 Å². The monoisotopic (exact) mass is 279 g/mol. The molecule has 4 nitrogen and oxygen atoms in total. The number of hydrogen-bond acceptors (Lipinski definition) is 4. The fraction of sp³-hybridized carbons (Fsp3) is 0.688. The summed E-state index contributed by atoms with van der Waals surface area (Å²) in [5.41, 5.74) is 8.02. The molecular weight excluding hydrogens is 250 g/mol. The molecule has 0 aromatic carbocycles. The minimum Gasteiger partial charge on any atom is -0.377 e. The molecule has 0 radical (unpaired) electrons. The SMILES string of the molecule is CC(C)OCCN(C)c1cc(CN)cc(C(C)(C)C)n1. The molecule has 0 saturated carbocycles. The van der Waals surface area contributed by atoms with E-state index in [2.05, 4.69) is 37.8 Å². The minimum absolute atomic E-state index is 0.0230. The fourth-order valence-corrected chi connectivity index (χ4v) is 1.81. The summed E-state index contributed by atoms with van der Waals surface area (Å²) in [5.74, 6) is 0.963. The Morgan fingerprint density at radius 3 is 2.45 bits per heavy atom. The van der Waals surface area contributed by atoms with Gasteiger partial charge in [0.15, 0.2) is 0 Å². The normalized spacial score (nSPS) is 12.0. The summed E-state index contributed by atoms with van der Waals surface area (Å²) < 4.78 is 5.59. The van der Waals surface area contributed by atoms with Crippen molar-refractivity contribution in [2.45, 2.75) is 52.7 Å². The molecule has 114 valence electrons. The van der Waals surface area contributed by atoms with E-state index < -0.39 is 0 Å². The molecule has 0 aliphatic heterocycles. The van der Waals surface area contributed by atoms with Crippen molar-refractivity contribution in [1.82, 2.24) is 4.98 Å². The van der Waals surface area contributed by atoms with Crippen molar-refractivity contribution in [2.75, 3.05) is 25.1 Å². The molecule has 0 spiro atoms. The van der Waals surface area contributed by atoms with Crippen LogP contribution in [-0.4, -0.2) is 31.3 Å². The van der Waals surface area contributed by atoms with Gasteiger partial charge in [-0.05, 0) is 31.5 Å². The van der Waals surface area contributed by atoms with Crippen LogP contribution in [0, 0.1) is 0 Å². The van der Waals surface area contributed by atoms with Crippen LogP contribution < -0.4 is 10.6 Å². The zero-order valence-electron chi connectivity index (χ0n) is 13.7. The van der Waals surface area contributed by atoms with Crippen LogP contribution in [0.4, 0.5) is 5.82 Å². The second-order valence-electron chi connectivity index (χ2n) is 6.51. The molecule has 1 aromatic heterocycles. The van der Waals surface area contributed by atoms with Crippen LogP contribution in [0.3, 0.4) is 0 Å². The van der Waals surface area contributed by atoms with Crippen LogP contribution in [0.5, 0.6) is 0 Å². The maximum absolute atomic E-state index is 5.80. The molecule has 20 heavy (non-hydrogen) atoms. The molecular formula is C16H29N3O. The first-order valence-corrected chi connectivity index (χ1v) is 7.28. The maximum Gasteiger partial charge on any atom is 0.128 e. The van der Waals surface area contributed by atoms with Crippen LogP contribution in [0.25, 0.3) is 0 Å². The maximum atomic E-state index is 5.80. The Bertz CT molecular complexity index is 424. The number of hydrogen-bond donors (Lipinski definition) is 1. The lowest BCUT2D eigenvalue weighted by Crippen LogP contribution is -2.26. The summed E-state index contributed by atoms with van der Waals surface area (Å²) in [6, 6.07) is 4.16. The summed E-state index contributed by atoms with van der Waals surface area (Å²) in [6.45, 7) is 12.7. The van der Waals surface area contributed by atoms with Gasteiger partial charge in [-0.3, -0.25) is 0 Å². The smallest absolute Gasteiger partial charge is 0.128 e. The zero-order valence-corrected chi connectivity index (χ0v) is 13.7. The van der Waals surface area contributed by atoms with Gasteiger partial charge in [-0.25, -0.2) is 4.98 Å². The third kappa shape index (κ3) is 5.10. The van der Waals surface area contributed by atoms with Crippen molar-refractivity contribution in [1.29, 1.82) is 0 Å². The molecule has 0 fully saturated rings. The van der Waals surface area contributed by atoms with Gasteiger partial charge in [0.1, 0.15) is 5.82 Å². The van der Waals surface area contributed by atoms with E-state index in [0.29, 0.717) is 13.2 Å². The van der Waals surface area contributed by atoms with Gasteiger partial charge in [-0.15, -0.1) is 0 Å². The van der Waals surface area contributed by atoms with E-state index in [4.69, 9.17) is 15.5 Å². The Morgan fingerprint density at radius 1 is 1.30 bits per heavy atom. The third-order valence-corrected chi connectivity index (χ3v) is 3.14. The third-order valence-electron chi connectivity index (χ3n) is 3.14. The van der Waals surface area contributed by atoms with Crippen LogP contribution in [-0.2, 0) is 16.7 Å². The average Bonchev–Trinajstić information content (AvgIpc) is 2.36. The van der Waals surface area contributed by atoms with Gasteiger partial charge in [0.2, 0.25) is 0 Å². The topological polar surface area (TPSA) is 51.4 Å². The molecule has 0 aliphatic carbocycles. The highest BCUT2D eigenvalue weighted by Gasteiger charge is 2.18. The quantitative estimate of drug-likeness (QED) is 0.870. The van der Waals surface area contributed by atoms with E-state index in [1.54, 1.807) is 0 Å². The molecule has 2 N–H and O–H groups in total.